The molecule has 1 aliphatic carbocycles. The average molecular weight is 381 g/mol. The van der Waals surface area contributed by atoms with Crippen LogP contribution in [0.15, 0.2) is 24.3 Å². The smallest absolute Gasteiger partial charge is 0.226 e. The molecule has 0 unspecified atom stereocenters. The minimum atomic E-state index is 0. The van der Waals surface area contributed by atoms with Crippen molar-refractivity contribution >= 4 is 18.3 Å². The number of benzene rings is 1. The number of ether oxygens (including phenoxy) is 1. The molecule has 0 bridgehead atoms. The Labute approximate surface area is 163 Å². The lowest BCUT2D eigenvalue weighted by atomic mass is 9.89. The van der Waals surface area contributed by atoms with Crippen LogP contribution in [0.2, 0.25) is 0 Å². The Morgan fingerprint density at radius 2 is 1.85 bits per heavy atom. The van der Waals surface area contributed by atoms with Gasteiger partial charge in [-0.3, -0.25) is 4.79 Å². The third-order valence-corrected chi connectivity index (χ3v) is 6.21. The molecule has 0 aromatic heterocycles. The molecule has 146 valence electrons. The van der Waals surface area contributed by atoms with Crippen LogP contribution in [0.4, 0.5) is 0 Å². The summed E-state index contributed by atoms with van der Waals surface area (Å²) in [7, 11) is 1.70. The molecule has 2 aliphatic rings. The van der Waals surface area contributed by atoms with Gasteiger partial charge in [0.15, 0.2) is 0 Å². The highest BCUT2D eigenvalue weighted by Gasteiger charge is 2.35. The van der Waals surface area contributed by atoms with Crippen LogP contribution < -0.4 is 10.5 Å². The van der Waals surface area contributed by atoms with Gasteiger partial charge >= 0.3 is 0 Å². The number of hydrogen-bond acceptors (Lipinski definition) is 3. The summed E-state index contributed by atoms with van der Waals surface area (Å²) in [6.07, 6.45) is 7.94. The zero-order valence-corrected chi connectivity index (χ0v) is 16.7. The van der Waals surface area contributed by atoms with Crippen LogP contribution in [-0.4, -0.2) is 37.6 Å². The van der Waals surface area contributed by atoms with Crippen LogP contribution in [0.25, 0.3) is 0 Å². The number of amides is 1. The van der Waals surface area contributed by atoms with Crippen molar-refractivity contribution in [1.82, 2.24) is 4.90 Å². The molecule has 1 aromatic rings. The van der Waals surface area contributed by atoms with Crippen LogP contribution in [0.3, 0.4) is 0 Å². The van der Waals surface area contributed by atoms with E-state index < -0.39 is 0 Å². The molecular formula is C21H33ClN2O2. The second-order valence-electron chi connectivity index (χ2n) is 7.69. The van der Waals surface area contributed by atoms with Gasteiger partial charge in [0.05, 0.1) is 7.11 Å². The summed E-state index contributed by atoms with van der Waals surface area (Å²) in [4.78, 5) is 14.9. The highest BCUT2D eigenvalue weighted by atomic mass is 35.5. The van der Waals surface area contributed by atoms with Crippen LogP contribution in [-0.2, 0) is 11.2 Å². The van der Waals surface area contributed by atoms with Crippen molar-refractivity contribution in [2.45, 2.75) is 44.9 Å². The van der Waals surface area contributed by atoms with Crippen molar-refractivity contribution in [3.8, 4) is 5.75 Å². The van der Waals surface area contributed by atoms with E-state index in [1.807, 2.05) is 12.1 Å². The van der Waals surface area contributed by atoms with E-state index >= 15 is 0 Å². The lowest BCUT2D eigenvalue weighted by Gasteiger charge is -2.34. The van der Waals surface area contributed by atoms with E-state index in [9.17, 15) is 4.79 Å². The molecule has 0 spiro atoms. The van der Waals surface area contributed by atoms with Gasteiger partial charge in [-0.1, -0.05) is 18.6 Å². The summed E-state index contributed by atoms with van der Waals surface area (Å²) < 4.78 is 5.21. The number of piperidine rings is 1. The van der Waals surface area contributed by atoms with Gasteiger partial charge < -0.3 is 15.4 Å². The maximum atomic E-state index is 12.8. The topological polar surface area (TPSA) is 55.6 Å². The molecule has 2 atom stereocenters. The summed E-state index contributed by atoms with van der Waals surface area (Å²) in [5, 5.41) is 0. The number of nitrogens with zero attached hydrogens (tertiary/aromatic N) is 1. The van der Waals surface area contributed by atoms with Gasteiger partial charge in [0.25, 0.3) is 0 Å². The summed E-state index contributed by atoms with van der Waals surface area (Å²) in [5.41, 5.74) is 7.22. The minimum Gasteiger partial charge on any atom is -0.497 e. The largest absolute Gasteiger partial charge is 0.497 e. The lowest BCUT2D eigenvalue weighted by molar-refractivity contribution is -0.138. The number of carbonyl (C=O) groups excluding carboxylic acids is 1. The van der Waals surface area contributed by atoms with Gasteiger partial charge in [-0.25, -0.2) is 0 Å². The van der Waals surface area contributed by atoms with Gasteiger partial charge in [0.1, 0.15) is 5.75 Å². The molecular weight excluding hydrogens is 348 g/mol. The molecule has 5 heteroatoms. The van der Waals surface area contributed by atoms with Gasteiger partial charge in [0, 0.05) is 19.0 Å². The molecule has 1 aromatic carbocycles. The first-order valence-electron chi connectivity index (χ1n) is 9.83. The Balaban J connectivity index is 0.00000243. The minimum absolute atomic E-state index is 0. The maximum Gasteiger partial charge on any atom is 0.226 e. The number of rotatable bonds is 6. The molecule has 26 heavy (non-hydrogen) atoms. The van der Waals surface area contributed by atoms with Crippen LogP contribution in [0.1, 0.15) is 44.1 Å². The molecule has 1 saturated carbocycles. The van der Waals surface area contributed by atoms with Gasteiger partial charge in [0.2, 0.25) is 5.91 Å². The molecule has 4 nitrogen and oxygen atoms in total. The van der Waals surface area contributed by atoms with Gasteiger partial charge in [-0.2, -0.15) is 0 Å². The molecule has 2 N–H and O–H groups in total. The first-order chi connectivity index (χ1) is 12.2. The van der Waals surface area contributed by atoms with Crippen molar-refractivity contribution < 1.29 is 9.53 Å². The molecule has 1 amide bonds. The number of methoxy groups -OCH3 is 1. The molecule has 3 rings (SSSR count). The Morgan fingerprint density at radius 1 is 1.15 bits per heavy atom. The fourth-order valence-electron chi connectivity index (χ4n) is 4.48. The molecule has 1 heterocycles. The number of aryl methyl sites for hydroxylation is 1. The fourth-order valence-corrected chi connectivity index (χ4v) is 4.48. The Bertz CT molecular complexity index is 556. The van der Waals surface area contributed by atoms with Gasteiger partial charge in [-0.15, -0.1) is 12.4 Å². The van der Waals surface area contributed by atoms with Crippen molar-refractivity contribution in [2.75, 3.05) is 26.7 Å². The predicted octanol–water partition coefficient (Wildman–Crippen LogP) is 3.66. The predicted molar refractivity (Wildman–Crippen MR) is 108 cm³/mol. The summed E-state index contributed by atoms with van der Waals surface area (Å²) in [6, 6.07) is 8.38. The highest BCUT2D eigenvalue weighted by molar-refractivity contribution is 5.85. The first-order valence-corrected chi connectivity index (χ1v) is 9.83. The van der Waals surface area contributed by atoms with Crippen LogP contribution in [0.5, 0.6) is 5.75 Å². The number of carbonyl (C=O) groups is 1. The lowest BCUT2D eigenvalue weighted by Crippen LogP contribution is -2.43. The summed E-state index contributed by atoms with van der Waals surface area (Å²) in [5.74, 6) is 2.64. The summed E-state index contributed by atoms with van der Waals surface area (Å²) in [6.45, 7) is 2.52. The number of hydrogen-bond donors (Lipinski definition) is 1. The normalized spacial score (nSPS) is 23.5. The fraction of sp³-hybridized carbons (Fsp3) is 0.667. The number of likely N-dealkylation sites (tertiary alicyclic amines) is 1. The summed E-state index contributed by atoms with van der Waals surface area (Å²) >= 11 is 0. The van der Waals surface area contributed by atoms with E-state index in [1.54, 1.807) is 7.11 Å². The Kier molecular flexibility index (Phi) is 8.23. The van der Waals surface area contributed by atoms with E-state index in [-0.39, 0.29) is 18.3 Å². The van der Waals surface area contributed by atoms with E-state index in [1.165, 1.54) is 12.0 Å². The average Bonchev–Trinajstić information content (AvgIpc) is 3.15. The zero-order chi connectivity index (χ0) is 17.6. The first kappa shape index (κ1) is 21.0. The molecule has 2 fully saturated rings. The monoisotopic (exact) mass is 380 g/mol. The standard InChI is InChI=1S/C21H32N2O2.ClH/c1-25-19-9-7-16(8-10-19)5-6-17-11-13-23(14-12-17)21(24)20-4-2-3-18(20)15-22;/h7-10,17-18,20H,2-6,11-15,22H2,1H3;1H/t18-,20-;/m1./s1. The van der Waals surface area contributed by atoms with Crippen LogP contribution in [0, 0.1) is 17.8 Å². The quantitative estimate of drug-likeness (QED) is 0.819. The molecule has 0 radical (unpaired) electrons. The van der Waals surface area contributed by atoms with Crippen molar-refractivity contribution in [2.24, 2.45) is 23.5 Å². The second-order valence-corrected chi connectivity index (χ2v) is 7.69. The van der Waals surface area contributed by atoms with E-state index in [4.69, 9.17) is 10.5 Å². The van der Waals surface area contributed by atoms with Crippen LogP contribution >= 0.6 is 12.4 Å². The highest BCUT2D eigenvalue weighted by Crippen LogP contribution is 2.33. The zero-order valence-electron chi connectivity index (χ0n) is 15.9. The molecule has 1 aliphatic heterocycles. The third kappa shape index (κ3) is 5.14. The van der Waals surface area contributed by atoms with E-state index in [0.29, 0.717) is 18.4 Å². The van der Waals surface area contributed by atoms with Crippen molar-refractivity contribution in [3.63, 3.8) is 0 Å². The SMILES string of the molecule is COc1ccc(CCC2CCN(C(=O)[C@@H]3CCC[C@@H]3CN)CC2)cc1.Cl. The molecule has 1 saturated heterocycles. The third-order valence-electron chi connectivity index (χ3n) is 6.21. The van der Waals surface area contributed by atoms with Gasteiger partial charge in [-0.05, 0) is 74.6 Å². The Morgan fingerprint density at radius 3 is 2.46 bits per heavy atom. The number of nitrogens with two attached hydrogens (primary N) is 1. The Hall–Kier alpha value is -1.26. The van der Waals surface area contributed by atoms with E-state index in [2.05, 4.69) is 17.0 Å². The van der Waals surface area contributed by atoms with Crippen molar-refractivity contribution in [3.05, 3.63) is 29.8 Å². The second kappa shape index (κ2) is 10.2. The van der Waals surface area contributed by atoms with E-state index in [0.717, 1.165) is 63.3 Å². The number of halogens is 1. The van der Waals surface area contributed by atoms with Crippen molar-refractivity contribution in [1.29, 1.82) is 0 Å². The maximum absolute atomic E-state index is 12.8.